The molecule has 0 aliphatic heterocycles. The number of hydrogen-bond acceptors (Lipinski definition) is 3. The Morgan fingerprint density at radius 1 is 1.14 bits per heavy atom. The molecule has 3 rings (SSSR count). The Bertz CT molecular complexity index is 897. The van der Waals surface area contributed by atoms with Gasteiger partial charge in [0, 0.05) is 31.5 Å². The van der Waals surface area contributed by atoms with E-state index in [1.165, 1.54) is 0 Å². The number of sulfonamides is 1. The quantitative estimate of drug-likeness (QED) is 0.770. The molecule has 0 spiro atoms. The predicted octanol–water partition coefficient (Wildman–Crippen LogP) is 1.39. The molecular weight excluding hydrogens is 314 g/mol. The maximum Gasteiger partial charge on any atom is 0.246 e. The van der Waals surface area contributed by atoms with Gasteiger partial charge in [-0.3, -0.25) is 0 Å². The van der Waals surface area contributed by atoms with Gasteiger partial charge in [0.15, 0.2) is 4.90 Å². The van der Waals surface area contributed by atoms with Crippen molar-refractivity contribution in [1.29, 1.82) is 0 Å². The fourth-order valence-corrected chi connectivity index (χ4v) is 3.32. The van der Waals surface area contributed by atoms with Crippen LogP contribution in [0.1, 0.15) is 0 Å². The Hall–Kier alpha value is -2.26. The van der Waals surface area contributed by atoms with Gasteiger partial charge < -0.3 is 4.57 Å². The van der Waals surface area contributed by atoms with Crippen LogP contribution in [0.4, 0.5) is 8.78 Å². The van der Waals surface area contributed by atoms with Crippen LogP contribution in [0.15, 0.2) is 47.8 Å². The van der Waals surface area contributed by atoms with Gasteiger partial charge in [0.1, 0.15) is 17.3 Å². The second-order valence-electron chi connectivity index (χ2n) is 4.57. The maximum atomic E-state index is 13.5. The monoisotopic (exact) mass is 326 g/mol. The molecule has 0 aliphatic carbocycles. The van der Waals surface area contributed by atoms with E-state index >= 15 is 0 Å². The first-order chi connectivity index (χ1) is 10.5. The molecule has 0 bridgehead atoms. The van der Waals surface area contributed by atoms with Crippen LogP contribution in [-0.2, 0) is 16.6 Å². The number of benzene rings is 1. The van der Waals surface area contributed by atoms with Gasteiger partial charge in [-0.2, -0.15) is 5.10 Å². The highest BCUT2D eigenvalue weighted by Gasteiger charge is 2.23. The zero-order valence-corrected chi connectivity index (χ0v) is 12.1. The molecule has 0 unspecified atom stereocenters. The van der Waals surface area contributed by atoms with Crippen LogP contribution in [0.3, 0.4) is 0 Å². The number of hydrogen-bond donors (Lipinski definition) is 1. The van der Waals surface area contributed by atoms with Crippen molar-refractivity contribution in [3.63, 3.8) is 0 Å². The lowest BCUT2D eigenvalue weighted by Gasteiger charge is -2.09. The average Bonchev–Trinajstić information content (AvgIpc) is 3.02. The summed E-state index contributed by atoms with van der Waals surface area (Å²) >= 11 is 0. The van der Waals surface area contributed by atoms with Gasteiger partial charge in [0.25, 0.3) is 0 Å². The Kier molecular flexibility index (Phi) is 3.67. The van der Waals surface area contributed by atoms with E-state index in [-0.39, 0.29) is 6.54 Å². The summed E-state index contributed by atoms with van der Waals surface area (Å²) in [6.45, 7) is 0.295. The number of rotatable bonds is 5. The lowest BCUT2D eigenvalue weighted by Crippen LogP contribution is -2.28. The molecule has 0 amide bonds. The molecular formula is C13H12F2N4O2S. The minimum Gasteiger partial charge on any atom is -0.330 e. The van der Waals surface area contributed by atoms with E-state index < -0.39 is 26.6 Å². The molecule has 2 heterocycles. The molecule has 1 aromatic carbocycles. The number of halogens is 2. The van der Waals surface area contributed by atoms with Crippen molar-refractivity contribution in [3.05, 3.63) is 54.5 Å². The number of imidazole rings is 1. The summed E-state index contributed by atoms with van der Waals surface area (Å²) in [4.78, 5) is -0.961. The summed E-state index contributed by atoms with van der Waals surface area (Å²) in [7, 11) is -4.25. The number of nitrogens with one attached hydrogen (secondary N) is 1. The molecule has 22 heavy (non-hydrogen) atoms. The lowest BCUT2D eigenvalue weighted by atomic mass is 10.3. The zero-order valence-electron chi connectivity index (χ0n) is 11.3. The van der Waals surface area contributed by atoms with Crippen molar-refractivity contribution in [1.82, 2.24) is 18.9 Å². The summed E-state index contributed by atoms with van der Waals surface area (Å²) in [5, 5.41) is 4.02. The zero-order chi connectivity index (χ0) is 15.7. The van der Waals surface area contributed by atoms with Gasteiger partial charge in [-0.05, 0) is 12.1 Å². The minimum atomic E-state index is -4.25. The van der Waals surface area contributed by atoms with Gasteiger partial charge in [0.2, 0.25) is 10.0 Å². The standard InChI is InChI=1S/C13H12F2N4O2S/c14-10-2-1-3-11(15)13(10)22(20,21)17-6-7-18-8-9-19-12(18)4-5-16-19/h1-5,8-9,17H,6-7H2. The van der Waals surface area contributed by atoms with Crippen molar-refractivity contribution in [2.45, 2.75) is 11.4 Å². The molecule has 116 valence electrons. The molecule has 0 atom stereocenters. The first-order valence-electron chi connectivity index (χ1n) is 6.41. The maximum absolute atomic E-state index is 13.5. The van der Waals surface area contributed by atoms with Crippen molar-refractivity contribution in [2.24, 2.45) is 0 Å². The second-order valence-corrected chi connectivity index (χ2v) is 6.28. The molecule has 2 aromatic heterocycles. The van der Waals surface area contributed by atoms with Crippen molar-refractivity contribution in [2.75, 3.05) is 6.54 Å². The number of aromatic nitrogens is 3. The first kappa shape index (κ1) is 14.7. The highest BCUT2D eigenvalue weighted by Crippen LogP contribution is 2.17. The van der Waals surface area contributed by atoms with Gasteiger partial charge in [-0.1, -0.05) is 6.07 Å². The topological polar surface area (TPSA) is 68.4 Å². The molecule has 6 nitrogen and oxygen atoms in total. The lowest BCUT2D eigenvalue weighted by molar-refractivity contribution is 0.512. The molecule has 3 aromatic rings. The van der Waals surface area contributed by atoms with Crippen LogP contribution >= 0.6 is 0 Å². The first-order valence-corrected chi connectivity index (χ1v) is 7.89. The van der Waals surface area contributed by atoms with Crippen LogP contribution in [0, 0.1) is 11.6 Å². The van der Waals surface area contributed by atoms with Gasteiger partial charge in [-0.15, -0.1) is 0 Å². The average molecular weight is 326 g/mol. The molecule has 9 heteroatoms. The highest BCUT2D eigenvalue weighted by molar-refractivity contribution is 7.89. The van der Waals surface area contributed by atoms with Crippen LogP contribution in [0.5, 0.6) is 0 Å². The van der Waals surface area contributed by atoms with Crippen LogP contribution in [-0.4, -0.2) is 29.1 Å². The molecule has 0 saturated heterocycles. The molecule has 0 aliphatic rings. The summed E-state index contributed by atoms with van der Waals surface area (Å²) in [6, 6.07) is 4.68. The highest BCUT2D eigenvalue weighted by atomic mass is 32.2. The van der Waals surface area contributed by atoms with Crippen LogP contribution < -0.4 is 4.72 Å². The molecule has 0 fully saturated rings. The molecule has 1 N–H and O–H groups in total. The summed E-state index contributed by atoms with van der Waals surface area (Å²) < 4.78 is 56.7. The third kappa shape index (κ3) is 2.60. The van der Waals surface area contributed by atoms with Crippen molar-refractivity contribution in [3.8, 4) is 0 Å². The largest absolute Gasteiger partial charge is 0.330 e. The Balaban J connectivity index is 1.74. The summed E-state index contributed by atoms with van der Waals surface area (Å²) in [6.07, 6.45) is 5.07. The van der Waals surface area contributed by atoms with E-state index in [1.54, 1.807) is 33.7 Å². The SMILES string of the molecule is O=S(=O)(NCCn1ccn2nccc12)c1c(F)cccc1F. The van der Waals surface area contributed by atoms with Crippen LogP contribution in [0.25, 0.3) is 5.65 Å². The Labute approximate surface area is 125 Å². The molecule has 0 radical (unpaired) electrons. The van der Waals surface area contributed by atoms with Gasteiger partial charge in [-0.25, -0.2) is 26.4 Å². The van der Waals surface area contributed by atoms with Gasteiger partial charge in [0.05, 0.1) is 6.20 Å². The fourth-order valence-electron chi connectivity index (χ4n) is 2.17. The Morgan fingerprint density at radius 3 is 2.59 bits per heavy atom. The smallest absolute Gasteiger partial charge is 0.246 e. The van der Waals surface area contributed by atoms with E-state index in [0.29, 0.717) is 6.54 Å². The van der Waals surface area contributed by atoms with Crippen LogP contribution in [0.2, 0.25) is 0 Å². The number of fused-ring (bicyclic) bond motifs is 1. The minimum absolute atomic E-state index is 0.00831. The fraction of sp³-hybridized carbons (Fsp3) is 0.154. The van der Waals surface area contributed by atoms with Crippen molar-refractivity contribution < 1.29 is 17.2 Å². The van der Waals surface area contributed by atoms with Crippen molar-refractivity contribution >= 4 is 15.7 Å². The van der Waals surface area contributed by atoms with E-state index in [9.17, 15) is 17.2 Å². The normalized spacial score (nSPS) is 12.1. The van der Waals surface area contributed by atoms with E-state index in [4.69, 9.17) is 0 Å². The predicted molar refractivity (Wildman–Crippen MR) is 74.7 cm³/mol. The summed E-state index contributed by atoms with van der Waals surface area (Å²) in [5.41, 5.74) is 0.788. The third-order valence-electron chi connectivity index (χ3n) is 3.16. The number of nitrogens with zero attached hydrogens (tertiary/aromatic N) is 3. The van der Waals surface area contributed by atoms with Gasteiger partial charge >= 0.3 is 0 Å². The second kappa shape index (κ2) is 5.50. The van der Waals surface area contributed by atoms with E-state index in [1.807, 2.05) is 0 Å². The summed E-state index contributed by atoms with van der Waals surface area (Å²) in [5.74, 6) is -2.24. The van der Waals surface area contributed by atoms with E-state index in [2.05, 4.69) is 9.82 Å². The Morgan fingerprint density at radius 2 is 1.86 bits per heavy atom. The third-order valence-corrected chi connectivity index (χ3v) is 4.68. The molecule has 0 saturated carbocycles. The van der Waals surface area contributed by atoms with E-state index in [0.717, 1.165) is 23.8 Å².